The molecule has 1 spiro atoms. The van der Waals surface area contributed by atoms with E-state index in [4.69, 9.17) is 19.4 Å². The highest BCUT2D eigenvalue weighted by atomic mass is 79.9. The average Bonchev–Trinajstić information content (AvgIpc) is 3.35. The van der Waals surface area contributed by atoms with Crippen LogP contribution >= 0.6 is 39.5 Å². The second-order valence-corrected chi connectivity index (χ2v) is 15.9. The molecule has 3 aliphatic rings. The highest BCUT2D eigenvalue weighted by Gasteiger charge is 2.61. The van der Waals surface area contributed by atoms with Crippen LogP contribution in [0.3, 0.4) is 0 Å². The summed E-state index contributed by atoms with van der Waals surface area (Å²) in [6.07, 6.45) is 4.05. The van der Waals surface area contributed by atoms with Crippen molar-refractivity contribution in [3.63, 3.8) is 0 Å². The van der Waals surface area contributed by atoms with Crippen molar-refractivity contribution in [2.24, 2.45) is 5.16 Å². The van der Waals surface area contributed by atoms with Crippen LogP contribution in [0.1, 0.15) is 67.2 Å². The number of aliphatic hydroxyl groups is 1. The number of aliphatic hydroxyl groups excluding tert-OH is 1. The number of rotatable bonds is 17. The topological polar surface area (TPSA) is 101 Å². The van der Waals surface area contributed by atoms with Crippen molar-refractivity contribution in [3.8, 4) is 11.5 Å². The molecule has 14 heteroatoms. The number of carboxylic acids is 1. The quantitative estimate of drug-likeness (QED) is 0.0935. The van der Waals surface area contributed by atoms with Crippen LogP contribution in [0, 0.1) is 0 Å². The van der Waals surface area contributed by atoms with E-state index in [0.717, 1.165) is 55.2 Å². The molecule has 1 fully saturated rings. The molecule has 2 aromatic rings. The summed E-state index contributed by atoms with van der Waals surface area (Å²) in [6.45, 7) is 5.01. The number of alkyl halides is 3. The maximum Gasteiger partial charge on any atom is 0.416 e. The second kappa shape index (κ2) is 17.4. The van der Waals surface area contributed by atoms with Gasteiger partial charge < -0.3 is 24.5 Å². The van der Waals surface area contributed by atoms with Crippen LogP contribution in [0.15, 0.2) is 52.6 Å². The van der Waals surface area contributed by atoms with E-state index in [-0.39, 0.29) is 17.9 Å². The third kappa shape index (κ3) is 8.79. The smallest absolute Gasteiger partial charge is 0.416 e. The van der Waals surface area contributed by atoms with Gasteiger partial charge in [0.1, 0.15) is 22.1 Å². The monoisotopic (exact) mass is 800 g/mol. The van der Waals surface area contributed by atoms with Gasteiger partial charge >= 0.3 is 12.1 Å². The summed E-state index contributed by atoms with van der Waals surface area (Å²) in [5, 5.41) is 24.1. The normalized spacial score (nSPS) is 23.9. The Balaban J connectivity index is 1.59. The molecule has 5 rings (SSSR count). The molecule has 0 radical (unpaired) electrons. The van der Waals surface area contributed by atoms with Crippen molar-refractivity contribution in [2.45, 2.75) is 86.2 Å². The molecule has 0 bridgehead atoms. The van der Waals surface area contributed by atoms with Gasteiger partial charge in [-0.2, -0.15) is 36.7 Å². The number of carboxylic acid groups (broad SMARTS) is 1. The number of allylic oxidation sites excluding steroid dienone is 1. The lowest BCUT2D eigenvalue weighted by Gasteiger charge is -2.46. The Bertz CT molecular complexity index is 1550. The van der Waals surface area contributed by atoms with Crippen molar-refractivity contribution in [2.75, 3.05) is 38.4 Å². The number of hydrogen-bond acceptors (Lipinski definition) is 9. The number of hydrogen-bond donors (Lipinski definition) is 2. The summed E-state index contributed by atoms with van der Waals surface area (Å²) in [5.41, 5.74) is 1.89. The molecule has 0 saturated heterocycles. The summed E-state index contributed by atoms with van der Waals surface area (Å²) in [4.78, 5) is 18.7. The van der Waals surface area contributed by atoms with Gasteiger partial charge in [-0.25, -0.2) is 4.79 Å². The molecule has 2 heterocycles. The largest absolute Gasteiger partial charge is 0.492 e. The molecule has 50 heavy (non-hydrogen) atoms. The Morgan fingerprint density at radius 2 is 2.08 bits per heavy atom. The molecule has 1 saturated carbocycles. The van der Waals surface area contributed by atoms with Crippen molar-refractivity contribution in [3.05, 3.63) is 69.7 Å². The summed E-state index contributed by atoms with van der Waals surface area (Å²) in [6, 6.07) is 7.26. The van der Waals surface area contributed by atoms with E-state index >= 15 is 0 Å². The highest BCUT2D eigenvalue weighted by Crippen LogP contribution is 2.61. The summed E-state index contributed by atoms with van der Waals surface area (Å²) in [7, 11) is 0. The molecule has 274 valence electrons. The number of carbonyl (C=O) groups is 1. The van der Waals surface area contributed by atoms with E-state index in [9.17, 15) is 23.1 Å². The van der Waals surface area contributed by atoms with Gasteiger partial charge in [0.15, 0.2) is 0 Å². The van der Waals surface area contributed by atoms with Gasteiger partial charge in [0.2, 0.25) is 6.61 Å². The van der Waals surface area contributed by atoms with Gasteiger partial charge in [0, 0.05) is 42.0 Å². The van der Waals surface area contributed by atoms with E-state index in [0.29, 0.717) is 65.4 Å². The van der Waals surface area contributed by atoms with Gasteiger partial charge in [-0.15, -0.1) is 6.58 Å². The number of nitrogens with zero attached hydrogens (tertiary/aromatic N) is 2. The predicted octanol–water partition coefficient (Wildman–Crippen LogP) is 8.07. The fourth-order valence-electron chi connectivity index (χ4n) is 7.36. The number of oxime groups is 1. The van der Waals surface area contributed by atoms with Gasteiger partial charge in [0.25, 0.3) is 0 Å². The lowest BCUT2D eigenvalue weighted by molar-refractivity contribution is -0.142. The van der Waals surface area contributed by atoms with E-state index in [1.54, 1.807) is 17.8 Å². The van der Waals surface area contributed by atoms with Crippen LogP contribution in [-0.2, 0) is 33.5 Å². The lowest BCUT2D eigenvalue weighted by atomic mass is 9.64. The standard InChI is InChI=1S/C36H44BrF3N2O6S2/c1-3-4-5-6-12-46-28-15-24-19-42(11-8-13-49-2)27(20-43)18-35-29(48-34(32(24)35)33(28)37)16-26(41-47-21-31(44)45)17-30(35)50-22-23-9-7-10-25(14-23)36(38,39)40/h3,7,9-10,14-15,27,29-30,43H,1,4-6,8,11-13,16-22H2,2H3,(H,44,45)/b41-26+/t27-,29+,30+,35?/m0/s1. The fraction of sp³-hybridized carbons (Fsp3) is 0.556. The van der Waals surface area contributed by atoms with Gasteiger partial charge in [-0.1, -0.05) is 29.4 Å². The number of halogens is 4. The molecule has 1 aliphatic carbocycles. The first-order valence-corrected chi connectivity index (χ1v) is 20.0. The minimum atomic E-state index is -4.46. The summed E-state index contributed by atoms with van der Waals surface area (Å²) in [5.74, 6) is 1.47. The first-order chi connectivity index (χ1) is 24.0. The zero-order valence-corrected chi connectivity index (χ0v) is 31.3. The average molecular weight is 802 g/mol. The lowest BCUT2D eigenvalue weighted by Crippen LogP contribution is -2.55. The predicted molar refractivity (Wildman–Crippen MR) is 195 cm³/mol. The van der Waals surface area contributed by atoms with Crippen LogP contribution in [0.5, 0.6) is 11.5 Å². The molecule has 8 nitrogen and oxygen atoms in total. The maximum absolute atomic E-state index is 13.6. The summed E-state index contributed by atoms with van der Waals surface area (Å²) >= 11 is 7.13. The molecule has 2 aromatic carbocycles. The Morgan fingerprint density at radius 3 is 2.80 bits per heavy atom. The third-order valence-corrected chi connectivity index (χ3v) is 12.5. The van der Waals surface area contributed by atoms with Gasteiger partial charge in [0.05, 0.1) is 29.9 Å². The fourth-order valence-corrected chi connectivity index (χ4v) is 9.84. The maximum atomic E-state index is 13.6. The van der Waals surface area contributed by atoms with Crippen molar-refractivity contribution in [1.82, 2.24) is 4.90 Å². The molecule has 1 unspecified atom stereocenters. The second-order valence-electron chi connectivity index (χ2n) is 12.9. The number of aliphatic carboxylic acids is 1. The molecule has 2 N–H and O–H groups in total. The Kier molecular flexibility index (Phi) is 13.5. The zero-order valence-electron chi connectivity index (χ0n) is 28.1. The summed E-state index contributed by atoms with van der Waals surface area (Å²) < 4.78 is 54.8. The molecular weight excluding hydrogens is 757 g/mol. The van der Waals surface area contributed by atoms with Gasteiger partial charge in [-0.3, -0.25) is 4.90 Å². The SMILES string of the molecule is C=CCCCCOc1cc2c3c(c1Br)O[C@@H]1C/C(=N\OCC(=O)O)C[C@@H](SCc4cccc(C(F)(F)F)c4)C31C[C@@H](CO)N(CCCSC)C2. The van der Waals surface area contributed by atoms with E-state index in [1.165, 1.54) is 23.9 Å². The Morgan fingerprint density at radius 1 is 1.26 bits per heavy atom. The van der Waals surface area contributed by atoms with Crippen molar-refractivity contribution < 1.29 is 42.5 Å². The van der Waals surface area contributed by atoms with E-state index in [2.05, 4.69) is 44.9 Å². The molecule has 0 amide bonds. The first kappa shape index (κ1) is 38.8. The Hall–Kier alpha value is -2.39. The van der Waals surface area contributed by atoms with Crippen LogP contribution in [-0.4, -0.2) is 82.6 Å². The highest BCUT2D eigenvalue weighted by molar-refractivity contribution is 9.10. The van der Waals surface area contributed by atoms with E-state index < -0.39 is 35.8 Å². The van der Waals surface area contributed by atoms with Crippen LogP contribution in [0.2, 0.25) is 0 Å². The number of thioether (sulfide) groups is 2. The van der Waals surface area contributed by atoms with Crippen LogP contribution < -0.4 is 9.47 Å². The number of unbranched alkanes of at least 4 members (excludes halogenated alkanes) is 2. The molecule has 0 aromatic heterocycles. The minimum Gasteiger partial charge on any atom is -0.492 e. The zero-order chi connectivity index (χ0) is 35.9. The molecule has 4 atom stereocenters. The first-order valence-electron chi connectivity index (χ1n) is 16.8. The van der Waals surface area contributed by atoms with Crippen molar-refractivity contribution in [1.29, 1.82) is 0 Å². The molecule has 2 aliphatic heterocycles. The Labute approximate surface area is 308 Å². The third-order valence-electron chi connectivity index (χ3n) is 9.60. The molecular formula is C36H44BrF3N2O6S2. The van der Waals surface area contributed by atoms with Gasteiger partial charge in [-0.05, 0) is 89.8 Å². The number of ether oxygens (including phenoxy) is 2. The van der Waals surface area contributed by atoms with E-state index in [1.807, 2.05) is 6.08 Å². The minimum absolute atomic E-state index is 0.0709. The van der Waals surface area contributed by atoms with Crippen LogP contribution in [0.4, 0.5) is 13.2 Å². The number of benzene rings is 2. The van der Waals surface area contributed by atoms with Crippen molar-refractivity contribution >= 4 is 51.1 Å². The van der Waals surface area contributed by atoms with Crippen LogP contribution in [0.25, 0.3) is 0 Å².